The molecule has 0 aliphatic carbocycles. The number of rotatable bonds is 8. The Balaban J connectivity index is 1.99. The number of nitrogens with zero attached hydrogens (tertiary/aromatic N) is 1. The van der Waals surface area contributed by atoms with E-state index >= 15 is 0 Å². The van der Waals surface area contributed by atoms with E-state index in [4.69, 9.17) is 0 Å². The van der Waals surface area contributed by atoms with E-state index in [9.17, 15) is 0 Å². The minimum absolute atomic E-state index is 0.993. The van der Waals surface area contributed by atoms with E-state index in [0.717, 1.165) is 32.7 Å². The van der Waals surface area contributed by atoms with Gasteiger partial charge in [0.2, 0.25) is 0 Å². The van der Waals surface area contributed by atoms with E-state index in [1.807, 2.05) is 11.3 Å². The Morgan fingerprint density at radius 3 is 2.52 bits per heavy atom. The van der Waals surface area contributed by atoms with Crippen molar-refractivity contribution in [1.82, 2.24) is 10.2 Å². The van der Waals surface area contributed by atoms with Crippen molar-refractivity contribution < 1.29 is 0 Å². The Hall–Kier alpha value is -1.16. The molecular formula is C18H26N2S. The van der Waals surface area contributed by atoms with E-state index in [2.05, 4.69) is 67.4 Å². The summed E-state index contributed by atoms with van der Waals surface area (Å²) < 4.78 is 0. The topological polar surface area (TPSA) is 15.3 Å². The van der Waals surface area contributed by atoms with Crippen molar-refractivity contribution in [2.75, 3.05) is 13.1 Å². The fraction of sp³-hybridized carbons (Fsp3) is 0.444. The zero-order chi connectivity index (χ0) is 15.1. The lowest BCUT2D eigenvalue weighted by Gasteiger charge is -2.20. The molecule has 1 aromatic carbocycles. The van der Waals surface area contributed by atoms with Gasteiger partial charge in [-0.25, -0.2) is 0 Å². The molecule has 2 rings (SSSR count). The predicted molar refractivity (Wildman–Crippen MR) is 92.7 cm³/mol. The van der Waals surface area contributed by atoms with Gasteiger partial charge in [-0.15, -0.1) is 11.3 Å². The van der Waals surface area contributed by atoms with E-state index in [-0.39, 0.29) is 0 Å². The van der Waals surface area contributed by atoms with Crippen LogP contribution in [0.4, 0.5) is 0 Å². The minimum Gasteiger partial charge on any atom is -0.312 e. The summed E-state index contributed by atoms with van der Waals surface area (Å²) in [7, 11) is 0. The van der Waals surface area contributed by atoms with Crippen LogP contribution in [0.1, 0.15) is 34.7 Å². The monoisotopic (exact) mass is 302 g/mol. The highest BCUT2D eigenvalue weighted by molar-refractivity contribution is 7.12. The number of thiophene rings is 1. The van der Waals surface area contributed by atoms with Gasteiger partial charge in [0.05, 0.1) is 0 Å². The summed E-state index contributed by atoms with van der Waals surface area (Å²) in [5, 5.41) is 3.41. The molecular weight excluding hydrogens is 276 g/mol. The molecule has 0 aliphatic rings. The Morgan fingerprint density at radius 2 is 1.86 bits per heavy atom. The summed E-state index contributed by atoms with van der Waals surface area (Å²) in [5.41, 5.74) is 2.87. The second-order valence-corrected chi connectivity index (χ2v) is 6.70. The number of hydrogen-bond donors (Lipinski definition) is 1. The lowest BCUT2D eigenvalue weighted by atomic mass is 10.2. The number of nitrogens with one attached hydrogen (secondary N) is 1. The van der Waals surface area contributed by atoms with Crippen LogP contribution in [0.25, 0.3) is 0 Å². The molecule has 21 heavy (non-hydrogen) atoms. The quantitative estimate of drug-likeness (QED) is 0.786. The first-order valence-corrected chi connectivity index (χ1v) is 8.59. The van der Waals surface area contributed by atoms with E-state index in [1.54, 1.807) is 0 Å². The van der Waals surface area contributed by atoms with E-state index in [0.29, 0.717) is 0 Å². The van der Waals surface area contributed by atoms with Crippen LogP contribution in [0.3, 0.4) is 0 Å². The van der Waals surface area contributed by atoms with Gasteiger partial charge in [-0.05, 0) is 37.2 Å². The van der Waals surface area contributed by atoms with Gasteiger partial charge in [0.1, 0.15) is 0 Å². The smallest absolute Gasteiger partial charge is 0.0299 e. The third-order valence-electron chi connectivity index (χ3n) is 3.71. The molecule has 114 valence electrons. The van der Waals surface area contributed by atoms with Crippen LogP contribution in [0.2, 0.25) is 0 Å². The Labute approximate surface area is 132 Å². The highest BCUT2D eigenvalue weighted by atomic mass is 32.1. The van der Waals surface area contributed by atoms with Crippen molar-refractivity contribution >= 4 is 11.3 Å². The summed E-state index contributed by atoms with van der Waals surface area (Å²) >= 11 is 1.92. The maximum atomic E-state index is 3.41. The van der Waals surface area contributed by atoms with Crippen molar-refractivity contribution in [2.24, 2.45) is 0 Å². The molecule has 0 unspecified atom stereocenters. The molecule has 3 heteroatoms. The first kappa shape index (κ1) is 16.2. The van der Waals surface area contributed by atoms with Crippen LogP contribution in [0.15, 0.2) is 36.4 Å². The third kappa shape index (κ3) is 4.95. The molecule has 2 aromatic rings. The summed E-state index contributed by atoms with van der Waals surface area (Å²) in [6.45, 7) is 11.8. The lowest BCUT2D eigenvalue weighted by Crippen LogP contribution is -2.22. The van der Waals surface area contributed by atoms with Crippen LogP contribution in [0, 0.1) is 6.92 Å². The van der Waals surface area contributed by atoms with Gasteiger partial charge in [-0.3, -0.25) is 4.90 Å². The largest absolute Gasteiger partial charge is 0.312 e. The summed E-state index contributed by atoms with van der Waals surface area (Å²) in [4.78, 5) is 5.40. The van der Waals surface area contributed by atoms with Crippen molar-refractivity contribution in [3.63, 3.8) is 0 Å². The van der Waals surface area contributed by atoms with Crippen LogP contribution < -0.4 is 5.32 Å². The van der Waals surface area contributed by atoms with Crippen LogP contribution >= 0.6 is 11.3 Å². The molecule has 1 heterocycles. The average molecular weight is 302 g/mol. The van der Waals surface area contributed by atoms with Gasteiger partial charge in [-0.2, -0.15) is 0 Å². The van der Waals surface area contributed by atoms with Crippen molar-refractivity contribution in [2.45, 2.75) is 40.4 Å². The Kier molecular flexibility index (Phi) is 6.43. The predicted octanol–water partition coefficient (Wildman–Crippen LogP) is 4.19. The van der Waals surface area contributed by atoms with Crippen molar-refractivity contribution in [3.05, 3.63) is 57.3 Å². The fourth-order valence-electron chi connectivity index (χ4n) is 2.44. The Morgan fingerprint density at radius 1 is 1.10 bits per heavy atom. The SMILES string of the molecule is CCNCc1cc(CN(CC)Cc2ccccc2)c(C)s1. The summed E-state index contributed by atoms with van der Waals surface area (Å²) in [6, 6.07) is 13.1. The zero-order valence-electron chi connectivity index (χ0n) is 13.4. The molecule has 0 aliphatic heterocycles. The van der Waals surface area contributed by atoms with Gasteiger partial charge in [0.25, 0.3) is 0 Å². The van der Waals surface area contributed by atoms with Crippen LogP contribution in [0.5, 0.6) is 0 Å². The van der Waals surface area contributed by atoms with Crippen molar-refractivity contribution in [3.8, 4) is 0 Å². The first-order chi connectivity index (χ1) is 10.2. The molecule has 0 fully saturated rings. The molecule has 0 saturated heterocycles. The maximum absolute atomic E-state index is 3.41. The van der Waals surface area contributed by atoms with Gasteiger partial charge in [0, 0.05) is 29.4 Å². The highest BCUT2D eigenvalue weighted by Crippen LogP contribution is 2.23. The molecule has 2 nitrogen and oxygen atoms in total. The zero-order valence-corrected chi connectivity index (χ0v) is 14.2. The molecule has 0 bridgehead atoms. The molecule has 1 aromatic heterocycles. The van der Waals surface area contributed by atoms with Crippen molar-refractivity contribution in [1.29, 1.82) is 0 Å². The first-order valence-electron chi connectivity index (χ1n) is 7.78. The van der Waals surface area contributed by atoms with Gasteiger partial charge in [-0.1, -0.05) is 44.2 Å². The fourth-order valence-corrected chi connectivity index (χ4v) is 3.47. The summed E-state index contributed by atoms with van der Waals surface area (Å²) in [6.07, 6.45) is 0. The second kappa shape index (κ2) is 8.32. The molecule has 0 radical (unpaired) electrons. The Bertz CT molecular complexity index is 533. The highest BCUT2D eigenvalue weighted by Gasteiger charge is 2.10. The summed E-state index contributed by atoms with van der Waals surface area (Å²) in [5.74, 6) is 0. The van der Waals surface area contributed by atoms with Gasteiger partial charge in [0.15, 0.2) is 0 Å². The maximum Gasteiger partial charge on any atom is 0.0299 e. The van der Waals surface area contributed by atoms with Crippen LogP contribution in [-0.4, -0.2) is 18.0 Å². The van der Waals surface area contributed by atoms with E-state index in [1.165, 1.54) is 20.9 Å². The molecule has 0 atom stereocenters. The molecule has 0 spiro atoms. The number of aryl methyl sites for hydroxylation is 1. The molecule has 0 amide bonds. The number of benzene rings is 1. The standard InChI is InChI=1S/C18H26N2S/c1-4-19-12-18-11-17(15(3)21-18)14-20(5-2)13-16-9-7-6-8-10-16/h6-11,19H,4-5,12-14H2,1-3H3. The normalized spacial score (nSPS) is 11.2. The minimum atomic E-state index is 0.993. The second-order valence-electron chi connectivity index (χ2n) is 5.36. The van der Waals surface area contributed by atoms with Gasteiger partial charge >= 0.3 is 0 Å². The lowest BCUT2D eigenvalue weighted by molar-refractivity contribution is 0.271. The molecule has 1 N–H and O–H groups in total. The average Bonchev–Trinajstić information content (AvgIpc) is 2.85. The molecule has 0 saturated carbocycles. The number of hydrogen-bond acceptors (Lipinski definition) is 3. The van der Waals surface area contributed by atoms with Gasteiger partial charge < -0.3 is 5.32 Å². The third-order valence-corrected chi connectivity index (χ3v) is 4.80. The van der Waals surface area contributed by atoms with E-state index < -0.39 is 0 Å². The van der Waals surface area contributed by atoms with Crippen LogP contribution in [-0.2, 0) is 19.6 Å².